The lowest BCUT2D eigenvalue weighted by atomic mass is 9.35. The zero-order chi connectivity index (χ0) is 23.6. The molecule has 0 aliphatic carbocycles. The number of para-hydroxylation sites is 4. The first-order valence-electron chi connectivity index (χ1n) is 12.2. The highest BCUT2D eigenvalue weighted by Gasteiger charge is 2.40. The quantitative estimate of drug-likeness (QED) is 0.294. The van der Waals surface area contributed by atoms with Gasteiger partial charge in [0.25, 0.3) is 6.71 Å². The van der Waals surface area contributed by atoms with E-state index in [1.807, 2.05) is 12.1 Å². The van der Waals surface area contributed by atoms with Crippen LogP contribution in [0.2, 0.25) is 0 Å². The summed E-state index contributed by atoms with van der Waals surface area (Å²) in [6.07, 6.45) is 0. The van der Waals surface area contributed by atoms with E-state index in [-0.39, 0.29) is 6.71 Å². The standard InChI is InChI=1S/C32H20BNO2/c1-2-11-23(12-3-1)34-26-15-7-4-10-21(26)18-27(34)22-19-30-32-31(20-22)36-29-17-9-6-14-25(29)33(32)24-13-5-8-16-28(24)35-30/h1-20H. The maximum absolute atomic E-state index is 6.53. The first-order valence-corrected chi connectivity index (χ1v) is 12.2. The molecule has 168 valence electrons. The highest BCUT2D eigenvalue weighted by Crippen LogP contribution is 2.40. The van der Waals surface area contributed by atoms with Gasteiger partial charge in [-0.25, -0.2) is 0 Å². The van der Waals surface area contributed by atoms with Gasteiger partial charge in [0.15, 0.2) is 0 Å². The second-order valence-corrected chi connectivity index (χ2v) is 9.36. The first kappa shape index (κ1) is 19.6. The Balaban J connectivity index is 1.40. The van der Waals surface area contributed by atoms with Gasteiger partial charge in [0.05, 0.1) is 11.2 Å². The van der Waals surface area contributed by atoms with Crippen LogP contribution < -0.4 is 25.9 Å². The molecule has 0 atom stereocenters. The van der Waals surface area contributed by atoms with Crippen LogP contribution in [0.1, 0.15) is 0 Å². The molecule has 0 saturated carbocycles. The zero-order valence-electron chi connectivity index (χ0n) is 19.4. The Morgan fingerprint density at radius 2 is 1.11 bits per heavy atom. The van der Waals surface area contributed by atoms with E-state index in [4.69, 9.17) is 9.47 Å². The molecule has 36 heavy (non-hydrogen) atoms. The smallest absolute Gasteiger partial charge is 0.260 e. The van der Waals surface area contributed by atoms with Gasteiger partial charge in [-0.2, -0.15) is 0 Å². The Hall–Kier alpha value is -4.70. The van der Waals surface area contributed by atoms with E-state index in [2.05, 4.69) is 114 Å². The van der Waals surface area contributed by atoms with Crippen molar-refractivity contribution < 1.29 is 9.47 Å². The molecule has 0 unspecified atom stereocenters. The highest BCUT2D eigenvalue weighted by atomic mass is 16.5. The topological polar surface area (TPSA) is 23.4 Å². The predicted molar refractivity (Wildman–Crippen MR) is 146 cm³/mol. The van der Waals surface area contributed by atoms with E-state index in [0.717, 1.165) is 45.4 Å². The van der Waals surface area contributed by atoms with Crippen LogP contribution in [-0.4, -0.2) is 11.3 Å². The minimum atomic E-state index is 0.0823. The number of aromatic nitrogens is 1. The van der Waals surface area contributed by atoms with Crippen LogP contribution in [0.25, 0.3) is 27.8 Å². The fourth-order valence-corrected chi connectivity index (χ4v) is 5.76. The van der Waals surface area contributed by atoms with Crippen molar-refractivity contribution in [2.45, 2.75) is 0 Å². The molecule has 0 fully saturated rings. The summed E-state index contributed by atoms with van der Waals surface area (Å²) in [7, 11) is 0. The number of ether oxygens (including phenoxy) is 2. The van der Waals surface area contributed by atoms with Gasteiger partial charge in [-0.15, -0.1) is 0 Å². The molecule has 0 spiro atoms. The lowest BCUT2D eigenvalue weighted by molar-refractivity contribution is 0.465. The van der Waals surface area contributed by atoms with Crippen molar-refractivity contribution in [3.8, 4) is 39.9 Å². The van der Waals surface area contributed by atoms with Crippen LogP contribution in [0, 0.1) is 0 Å². The van der Waals surface area contributed by atoms with Gasteiger partial charge in [0, 0.05) is 22.1 Å². The Morgan fingerprint density at radius 1 is 0.528 bits per heavy atom. The van der Waals surface area contributed by atoms with Crippen molar-refractivity contribution in [2.24, 2.45) is 0 Å². The van der Waals surface area contributed by atoms with E-state index >= 15 is 0 Å². The lowest BCUT2D eigenvalue weighted by Gasteiger charge is -2.33. The Morgan fingerprint density at radius 3 is 1.81 bits per heavy atom. The third-order valence-electron chi connectivity index (χ3n) is 7.31. The summed E-state index contributed by atoms with van der Waals surface area (Å²) in [5, 5.41) is 1.19. The minimum absolute atomic E-state index is 0.0823. The molecule has 2 aliphatic heterocycles. The molecule has 3 heterocycles. The van der Waals surface area contributed by atoms with Gasteiger partial charge in [-0.05, 0) is 59.5 Å². The number of fused-ring (bicyclic) bond motifs is 5. The van der Waals surface area contributed by atoms with Gasteiger partial charge in [-0.1, -0.05) is 72.8 Å². The average molecular weight is 461 g/mol. The molecule has 5 aromatic carbocycles. The number of hydrogen-bond donors (Lipinski definition) is 0. The molecule has 8 rings (SSSR count). The van der Waals surface area contributed by atoms with Crippen molar-refractivity contribution in [1.29, 1.82) is 0 Å². The SMILES string of the molecule is c1ccc(-n2c(-c3cc4c5c(c3)Oc3ccccc3B5c3ccccc3O4)cc3ccccc32)cc1. The number of nitrogens with zero attached hydrogens (tertiary/aromatic N) is 1. The molecular weight excluding hydrogens is 441 g/mol. The summed E-state index contributed by atoms with van der Waals surface area (Å²) in [4.78, 5) is 0. The Kier molecular flexibility index (Phi) is 4.03. The molecule has 0 amide bonds. The van der Waals surface area contributed by atoms with Crippen molar-refractivity contribution >= 4 is 34.0 Å². The van der Waals surface area contributed by atoms with Gasteiger partial charge in [0.1, 0.15) is 23.0 Å². The maximum atomic E-state index is 6.53. The van der Waals surface area contributed by atoms with E-state index in [1.54, 1.807) is 0 Å². The molecule has 4 heteroatoms. The van der Waals surface area contributed by atoms with Gasteiger partial charge in [-0.3, -0.25) is 0 Å². The number of hydrogen-bond acceptors (Lipinski definition) is 2. The monoisotopic (exact) mass is 461 g/mol. The summed E-state index contributed by atoms with van der Waals surface area (Å²) < 4.78 is 15.4. The van der Waals surface area contributed by atoms with Crippen LogP contribution in [0.4, 0.5) is 0 Å². The lowest BCUT2D eigenvalue weighted by Crippen LogP contribution is -2.57. The van der Waals surface area contributed by atoms with Crippen molar-refractivity contribution in [1.82, 2.24) is 4.57 Å². The molecule has 0 saturated heterocycles. The van der Waals surface area contributed by atoms with Crippen LogP contribution in [0.15, 0.2) is 121 Å². The summed E-state index contributed by atoms with van der Waals surface area (Å²) >= 11 is 0. The van der Waals surface area contributed by atoms with Crippen LogP contribution in [-0.2, 0) is 0 Å². The van der Waals surface area contributed by atoms with Crippen molar-refractivity contribution in [3.63, 3.8) is 0 Å². The third kappa shape index (κ3) is 2.76. The molecule has 1 aromatic heterocycles. The third-order valence-corrected chi connectivity index (χ3v) is 7.31. The summed E-state index contributed by atoms with van der Waals surface area (Å²) in [5.74, 6) is 3.51. The summed E-state index contributed by atoms with van der Waals surface area (Å²) in [6.45, 7) is 0.0823. The van der Waals surface area contributed by atoms with Gasteiger partial charge >= 0.3 is 0 Å². The summed E-state index contributed by atoms with van der Waals surface area (Å²) in [6, 6.07) is 42.3. The molecule has 0 N–H and O–H groups in total. The van der Waals surface area contributed by atoms with Crippen molar-refractivity contribution in [3.05, 3.63) is 121 Å². The van der Waals surface area contributed by atoms with Crippen LogP contribution >= 0.6 is 0 Å². The highest BCUT2D eigenvalue weighted by molar-refractivity contribution is 6.98. The molecule has 2 aliphatic rings. The van der Waals surface area contributed by atoms with Gasteiger partial charge in [0.2, 0.25) is 0 Å². The molecule has 0 bridgehead atoms. The Bertz CT molecular complexity index is 1730. The number of benzene rings is 5. The van der Waals surface area contributed by atoms with Crippen LogP contribution in [0.3, 0.4) is 0 Å². The van der Waals surface area contributed by atoms with E-state index in [9.17, 15) is 0 Å². The second-order valence-electron chi connectivity index (χ2n) is 9.36. The van der Waals surface area contributed by atoms with E-state index in [0.29, 0.717) is 0 Å². The van der Waals surface area contributed by atoms with E-state index in [1.165, 1.54) is 21.8 Å². The fourth-order valence-electron chi connectivity index (χ4n) is 5.76. The van der Waals surface area contributed by atoms with Crippen molar-refractivity contribution in [2.75, 3.05) is 0 Å². The second kappa shape index (κ2) is 7.40. The van der Waals surface area contributed by atoms with E-state index < -0.39 is 0 Å². The average Bonchev–Trinajstić information content (AvgIpc) is 3.33. The maximum Gasteiger partial charge on any atom is 0.260 e. The molecule has 0 radical (unpaired) electrons. The zero-order valence-corrected chi connectivity index (χ0v) is 19.4. The largest absolute Gasteiger partial charge is 0.458 e. The minimum Gasteiger partial charge on any atom is -0.458 e. The molecule has 6 aromatic rings. The molecule has 3 nitrogen and oxygen atoms in total. The molecular formula is C32H20BNO2. The van der Waals surface area contributed by atoms with Gasteiger partial charge < -0.3 is 14.0 Å². The fraction of sp³-hybridized carbons (Fsp3) is 0. The first-order chi connectivity index (χ1) is 17.8. The normalized spacial score (nSPS) is 12.8. The number of rotatable bonds is 2. The Labute approximate surface area is 209 Å². The van der Waals surface area contributed by atoms with Crippen LogP contribution in [0.5, 0.6) is 23.0 Å². The summed E-state index contributed by atoms with van der Waals surface area (Å²) in [5.41, 5.74) is 7.89. The predicted octanol–water partition coefficient (Wildman–Crippen LogP) is 6.03.